The van der Waals surface area contributed by atoms with E-state index in [9.17, 15) is 0 Å². The van der Waals surface area contributed by atoms with Gasteiger partial charge in [0.05, 0.1) is 18.2 Å². The van der Waals surface area contributed by atoms with Crippen LogP contribution in [0.1, 0.15) is 23.7 Å². The first-order chi connectivity index (χ1) is 7.22. The highest BCUT2D eigenvalue weighted by Crippen LogP contribution is 2.25. The molecular formula is C11H18N2OS. The van der Waals surface area contributed by atoms with Gasteiger partial charge in [-0.05, 0) is 6.42 Å². The Hall–Kier alpha value is -0.450. The van der Waals surface area contributed by atoms with Crippen LogP contribution >= 0.6 is 11.3 Å². The van der Waals surface area contributed by atoms with Gasteiger partial charge in [0.1, 0.15) is 0 Å². The van der Waals surface area contributed by atoms with E-state index in [1.54, 1.807) is 11.3 Å². The number of hydrogen-bond donors (Lipinski definition) is 1. The van der Waals surface area contributed by atoms with Gasteiger partial charge in [-0.25, -0.2) is 4.98 Å². The summed E-state index contributed by atoms with van der Waals surface area (Å²) in [6.45, 7) is 8.15. The molecule has 15 heavy (non-hydrogen) atoms. The summed E-state index contributed by atoms with van der Waals surface area (Å²) in [7, 11) is 0. The van der Waals surface area contributed by atoms with Crippen molar-refractivity contribution in [3.05, 3.63) is 16.1 Å². The fourth-order valence-corrected chi connectivity index (χ4v) is 2.47. The van der Waals surface area contributed by atoms with E-state index in [2.05, 4.69) is 24.1 Å². The first-order valence-corrected chi connectivity index (χ1v) is 6.25. The van der Waals surface area contributed by atoms with Crippen molar-refractivity contribution < 1.29 is 4.74 Å². The Bertz CT molecular complexity index is 320. The number of aryl methyl sites for hydroxylation is 1. The van der Waals surface area contributed by atoms with Crippen LogP contribution in [0.2, 0.25) is 0 Å². The minimum Gasteiger partial charge on any atom is -0.380 e. The lowest BCUT2D eigenvalue weighted by Gasteiger charge is -2.38. The zero-order chi connectivity index (χ0) is 10.7. The maximum atomic E-state index is 5.21. The monoisotopic (exact) mass is 226 g/mol. The molecule has 0 radical (unpaired) electrons. The van der Waals surface area contributed by atoms with Crippen LogP contribution < -0.4 is 5.32 Å². The Balaban J connectivity index is 1.73. The molecular weight excluding hydrogens is 208 g/mol. The van der Waals surface area contributed by atoms with Crippen LogP contribution in [-0.4, -0.2) is 24.7 Å². The molecule has 0 aromatic carbocycles. The highest BCUT2D eigenvalue weighted by molar-refractivity contribution is 7.11. The lowest BCUT2D eigenvalue weighted by molar-refractivity contribution is -0.0991. The number of rotatable bonds is 5. The molecule has 0 saturated carbocycles. The van der Waals surface area contributed by atoms with Crippen LogP contribution in [0.5, 0.6) is 0 Å². The average molecular weight is 226 g/mol. The molecule has 84 valence electrons. The Morgan fingerprint density at radius 1 is 1.60 bits per heavy atom. The van der Waals surface area contributed by atoms with E-state index in [1.807, 2.05) is 6.20 Å². The summed E-state index contributed by atoms with van der Waals surface area (Å²) in [5, 5.41) is 4.70. The maximum absolute atomic E-state index is 5.21. The zero-order valence-corrected chi connectivity index (χ0v) is 10.2. The van der Waals surface area contributed by atoms with Gasteiger partial charge in [0.2, 0.25) is 0 Å². The van der Waals surface area contributed by atoms with Crippen LogP contribution in [0.4, 0.5) is 0 Å². The summed E-state index contributed by atoms with van der Waals surface area (Å²) >= 11 is 1.80. The molecule has 0 amide bonds. The van der Waals surface area contributed by atoms with Gasteiger partial charge in [0, 0.05) is 29.6 Å². The van der Waals surface area contributed by atoms with Crippen molar-refractivity contribution in [1.29, 1.82) is 0 Å². The molecule has 2 rings (SSSR count). The largest absolute Gasteiger partial charge is 0.380 e. The molecule has 4 heteroatoms. The Kier molecular flexibility index (Phi) is 3.38. The molecule has 0 bridgehead atoms. The van der Waals surface area contributed by atoms with Crippen molar-refractivity contribution in [3.63, 3.8) is 0 Å². The van der Waals surface area contributed by atoms with Gasteiger partial charge < -0.3 is 10.1 Å². The second-order valence-corrected chi connectivity index (χ2v) is 5.68. The highest BCUT2D eigenvalue weighted by atomic mass is 32.1. The number of thiazole rings is 1. The smallest absolute Gasteiger partial charge is 0.0925 e. The molecule has 1 aromatic heterocycles. The predicted octanol–water partition coefficient (Wildman–Crippen LogP) is 1.83. The van der Waals surface area contributed by atoms with Crippen molar-refractivity contribution in [2.75, 3.05) is 19.8 Å². The van der Waals surface area contributed by atoms with Crippen LogP contribution in [0.25, 0.3) is 0 Å². The average Bonchev–Trinajstić information content (AvgIpc) is 2.63. The van der Waals surface area contributed by atoms with E-state index >= 15 is 0 Å². The molecule has 0 atom stereocenters. The third-order valence-corrected chi connectivity index (χ3v) is 3.80. The standard InChI is InChI=1S/C11H18N2OS/c1-3-10-13-5-9(15-10)4-12-6-11(2)7-14-8-11/h5,12H,3-4,6-8H2,1-2H3. The molecule has 1 aliphatic rings. The number of ether oxygens (including phenoxy) is 1. The van der Waals surface area contributed by atoms with Gasteiger partial charge in [-0.1, -0.05) is 13.8 Å². The zero-order valence-electron chi connectivity index (χ0n) is 9.38. The van der Waals surface area contributed by atoms with Gasteiger partial charge in [0.25, 0.3) is 0 Å². The predicted molar refractivity (Wildman–Crippen MR) is 62.1 cm³/mol. The molecule has 0 spiro atoms. The molecule has 1 aromatic rings. The molecule has 1 fully saturated rings. The van der Waals surface area contributed by atoms with E-state index in [-0.39, 0.29) is 0 Å². The third-order valence-electron chi connectivity index (χ3n) is 2.66. The van der Waals surface area contributed by atoms with Crippen molar-refractivity contribution in [2.24, 2.45) is 5.41 Å². The quantitative estimate of drug-likeness (QED) is 0.831. The van der Waals surface area contributed by atoms with Crippen molar-refractivity contribution in [1.82, 2.24) is 10.3 Å². The minimum absolute atomic E-state index is 0.359. The Morgan fingerprint density at radius 2 is 2.40 bits per heavy atom. The fourth-order valence-electron chi connectivity index (χ4n) is 1.63. The Morgan fingerprint density at radius 3 is 2.93 bits per heavy atom. The van der Waals surface area contributed by atoms with Crippen LogP contribution in [0.3, 0.4) is 0 Å². The lowest BCUT2D eigenvalue weighted by atomic mass is 9.89. The van der Waals surface area contributed by atoms with Gasteiger partial charge in [0.15, 0.2) is 0 Å². The van der Waals surface area contributed by atoms with Gasteiger partial charge in [-0.3, -0.25) is 0 Å². The topological polar surface area (TPSA) is 34.2 Å². The second kappa shape index (κ2) is 4.60. The highest BCUT2D eigenvalue weighted by Gasteiger charge is 2.32. The number of aromatic nitrogens is 1. The third kappa shape index (κ3) is 2.77. The molecule has 2 heterocycles. The van der Waals surface area contributed by atoms with Gasteiger partial charge in [-0.15, -0.1) is 11.3 Å². The van der Waals surface area contributed by atoms with E-state index in [1.165, 1.54) is 9.88 Å². The van der Waals surface area contributed by atoms with E-state index < -0.39 is 0 Å². The Labute approximate surface area is 94.9 Å². The number of hydrogen-bond acceptors (Lipinski definition) is 4. The maximum Gasteiger partial charge on any atom is 0.0925 e. The van der Waals surface area contributed by atoms with Gasteiger partial charge in [-0.2, -0.15) is 0 Å². The molecule has 1 aliphatic heterocycles. The van der Waals surface area contributed by atoms with Crippen molar-refractivity contribution in [3.8, 4) is 0 Å². The van der Waals surface area contributed by atoms with Crippen LogP contribution in [0.15, 0.2) is 6.20 Å². The normalized spacial score (nSPS) is 18.8. The first-order valence-electron chi connectivity index (χ1n) is 5.44. The van der Waals surface area contributed by atoms with Crippen LogP contribution in [0, 0.1) is 5.41 Å². The number of nitrogens with one attached hydrogen (secondary N) is 1. The molecule has 1 saturated heterocycles. The SMILES string of the molecule is CCc1ncc(CNCC2(C)COC2)s1. The summed E-state index contributed by atoms with van der Waals surface area (Å²) in [6.07, 6.45) is 3.02. The molecule has 1 N–H and O–H groups in total. The summed E-state index contributed by atoms with van der Waals surface area (Å²) in [6, 6.07) is 0. The molecule has 0 aliphatic carbocycles. The summed E-state index contributed by atoms with van der Waals surface area (Å²) in [5.41, 5.74) is 0.359. The number of nitrogens with zero attached hydrogens (tertiary/aromatic N) is 1. The van der Waals surface area contributed by atoms with E-state index in [0.717, 1.165) is 32.7 Å². The molecule has 0 unspecified atom stereocenters. The van der Waals surface area contributed by atoms with Crippen LogP contribution in [-0.2, 0) is 17.7 Å². The van der Waals surface area contributed by atoms with E-state index in [0.29, 0.717) is 5.41 Å². The van der Waals surface area contributed by atoms with Crippen molar-refractivity contribution >= 4 is 11.3 Å². The van der Waals surface area contributed by atoms with Crippen molar-refractivity contribution in [2.45, 2.75) is 26.8 Å². The first kappa shape index (κ1) is 11.0. The molecule has 3 nitrogen and oxygen atoms in total. The fraction of sp³-hybridized carbons (Fsp3) is 0.727. The minimum atomic E-state index is 0.359. The van der Waals surface area contributed by atoms with Gasteiger partial charge >= 0.3 is 0 Å². The summed E-state index contributed by atoms with van der Waals surface area (Å²) < 4.78 is 5.21. The second-order valence-electron chi connectivity index (χ2n) is 4.48. The summed E-state index contributed by atoms with van der Waals surface area (Å²) in [4.78, 5) is 5.67. The summed E-state index contributed by atoms with van der Waals surface area (Å²) in [5.74, 6) is 0. The van der Waals surface area contributed by atoms with E-state index in [4.69, 9.17) is 4.74 Å². The lowest BCUT2D eigenvalue weighted by Crippen LogP contribution is -2.47.